The Kier molecular flexibility index (Phi) is 6.88. The van der Waals surface area contributed by atoms with E-state index < -0.39 is 5.97 Å². The fraction of sp³-hybridized carbons (Fsp3) is 0.357. The topological polar surface area (TPSA) is 75.0 Å². The van der Waals surface area contributed by atoms with Crippen LogP contribution in [-0.4, -0.2) is 70.2 Å². The molecule has 0 bridgehead atoms. The molecule has 1 aromatic heterocycles. The quantitative estimate of drug-likeness (QED) is 0.559. The average Bonchev–Trinajstić information content (AvgIpc) is 3.18. The molecule has 2 aromatic carbocycles. The van der Waals surface area contributed by atoms with Crippen molar-refractivity contribution < 1.29 is 19.4 Å². The molecule has 0 unspecified atom stereocenters. The number of ether oxygens (including phenoxy) is 1. The van der Waals surface area contributed by atoms with Gasteiger partial charge in [0, 0.05) is 66.8 Å². The molecule has 1 saturated heterocycles. The van der Waals surface area contributed by atoms with Crippen molar-refractivity contribution in [2.24, 2.45) is 7.05 Å². The van der Waals surface area contributed by atoms with Gasteiger partial charge in [0.15, 0.2) is 0 Å². The van der Waals surface area contributed by atoms with E-state index in [4.69, 9.17) is 16.3 Å². The van der Waals surface area contributed by atoms with Crippen molar-refractivity contribution in [2.75, 3.05) is 32.8 Å². The van der Waals surface area contributed by atoms with Crippen LogP contribution in [0.5, 0.6) is 0 Å². The van der Waals surface area contributed by atoms with Crippen LogP contribution in [-0.2, 0) is 24.8 Å². The maximum atomic E-state index is 14.2. The number of amides is 1. The Labute approximate surface area is 215 Å². The molecule has 1 amide bonds. The Morgan fingerprint density at radius 1 is 1.06 bits per heavy atom. The number of carbonyl (C=O) groups excluding carboxylic acids is 1. The first kappa shape index (κ1) is 24.6. The SMILES string of the molecule is Cc1c(C(=O)O)cc(-c2cc(Cl)ccc2C(=O)N2Cc3ccccc3C[C@H]2CN2CCOCC2)n1C. The standard InChI is InChI=1S/C28H30ClN3O4/c1-18-24(28(34)35)15-26(30(18)2)25-14-21(29)7-8-23(25)27(33)32-16-20-6-4-3-5-19(20)13-22(32)17-31-9-11-36-12-10-31/h3-8,14-15,22H,9-13,16-17H2,1-2H3,(H,34,35)/t22-/m0/s1. The van der Waals surface area contributed by atoms with E-state index in [0.717, 1.165) is 31.6 Å². The number of hydrogen-bond acceptors (Lipinski definition) is 4. The lowest BCUT2D eigenvalue weighted by Crippen LogP contribution is -2.52. The first-order valence-electron chi connectivity index (χ1n) is 12.2. The number of halogens is 1. The molecule has 36 heavy (non-hydrogen) atoms. The molecule has 188 valence electrons. The Hall–Kier alpha value is -3.13. The molecule has 2 aliphatic heterocycles. The lowest BCUT2D eigenvalue weighted by Gasteiger charge is -2.40. The molecule has 1 N–H and O–H groups in total. The summed E-state index contributed by atoms with van der Waals surface area (Å²) in [6.45, 7) is 6.19. The number of morpholine rings is 1. The van der Waals surface area contributed by atoms with Crippen LogP contribution >= 0.6 is 11.6 Å². The van der Waals surface area contributed by atoms with E-state index >= 15 is 0 Å². The third kappa shape index (κ3) is 4.66. The van der Waals surface area contributed by atoms with Gasteiger partial charge in [0.1, 0.15) is 0 Å². The minimum atomic E-state index is -0.998. The molecule has 5 rings (SSSR count). The van der Waals surface area contributed by atoms with Crippen LogP contribution in [0, 0.1) is 6.92 Å². The molecule has 1 fully saturated rings. The second-order valence-corrected chi connectivity index (χ2v) is 9.99. The van der Waals surface area contributed by atoms with Gasteiger partial charge in [0.25, 0.3) is 5.91 Å². The van der Waals surface area contributed by atoms with Crippen LogP contribution < -0.4 is 0 Å². The van der Waals surface area contributed by atoms with Crippen molar-refractivity contribution >= 4 is 23.5 Å². The number of carboxylic acid groups (broad SMARTS) is 1. The molecule has 0 saturated carbocycles. The minimum absolute atomic E-state index is 0.0127. The van der Waals surface area contributed by atoms with Crippen LogP contribution in [0.3, 0.4) is 0 Å². The van der Waals surface area contributed by atoms with Crippen LogP contribution in [0.4, 0.5) is 0 Å². The van der Waals surface area contributed by atoms with Gasteiger partial charge in [-0.1, -0.05) is 35.9 Å². The largest absolute Gasteiger partial charge is 0.478 e. The molecule has 0 aliphatic carbocycles. The monoisotopic (exact) mass is 507 g/mol. The van der Waals surface area contributed by atoms with Crippen molar-refractivity contribution in [3.05, 3.63) is 81.5 Å². The van der Waals surface area contributed by atoms with Gasteiger partial charge >= 0.3 is 5.97 Å². The number of aromatic nitrogens is 1. The number of aromatic carboxylic acids is 1. The number of benzene rings is 2. The highest BCUT2D eigenvalue weighted by Gasteiger charge is 2.33. The van der Waals surface area contributed by atoms with Gasteiger partial charge in [0.2, 0.25) is 0 Å². The predicted octanol–water partition coefficient (Wildman–Crippen LogP) is 4.25. The molecular formula is C28H30ClN3O4. The van der Waals surface area contributed by atoms with Crippen LogP contribution in [0.25, 0.3) is 11.3 Å². The van der Waals surface area contributed by atoms with Crippen molar-refractivity contribution in [1.82, 2.24) is 14.4 Å². The molecule has 0 spiro atoms. The number of carbonyl (C=O) groups is 2. The summed E-state index contributed by atoms with van der Waals surface area (Å²) in [7, 11) is 1.81. The smallest absolute Gasteiger partial charge is 0.337 e. The number of nitrogens with zero attached hydrogens (tertiary/aromatic N) is 3. The van der Waals surface area contributed by atoms with E-state index in [1.807, 2.05) is 22.6 Å². The third-order valence-corrected chi connectivity index (χ3v) is 7.68. The highest BCUT2D eigenvalue weighted by Crippen LogP contribution is 2.33. The first-order valence-corrected chi connectivity index (χ1v) is 12.6. The number of rotatable bonds is 5. The van der Waals surface area contributed by atoms with Crippen LogP contribution in [0.15, 0.2) is 48.5 Å². The summed E-state index contributed by atoms with van der Waals surface area (Å²) in [5, 5.41) is 10.1. The van der Waals surface area contributed by atoms with Crippen LogP contribution in [0.1, 0.15) is 37.5 Å². The Bertz CT molecular complexity index is 1310. The third-order valence-electron chi connectivity index (χ3n) is 7.44. The lowest BCUT2D eigenvalue weighted by atomic mass is 9.92. The highest BCUT2D eigenvalue weighted by atomic mass is 35.5. The predicted molar refractivity (Wildman–Crippen MR) is 139 cm³/mol. The van der Waals surface area contributed by atoms with Crippen molar-refractivity contribution in [2.45, 2.75) is 25.9 Å². The number of carboxylic acids is 1. The molecule has 2 aliphatic rings. The first-order chi connectivity index (χ1) is 17.3. The van der Waals surface area contributed by atoms with Crippen molar-refractivity contribution in [3.8, 4) is 11.3 Å². The fourth-order valence-electron chi connectivity index (χ4n) is 5.31. The van der Waals surface area contributed by atoms with E-state index in [1.54, 1.807) is 31.2 Å². The average molecular weight is 508 g/mol. The minimum Gasteiger partial charge on any atom is -0.478 e. The number of hydrogen-bond donors (Lipinski definition) is 1. The molecule has 7 nitrogen and oxygen atoms in total. The zero-order valence-electron chi connectivity index (χ0n) is 20.5. The van der Waals surface area contributed by atoms with Gasteiger partial charge in [0.05, 0.1) is 18.8 Å². The van der Waals surface area contributed by atoms with Gasteiger partial charge in [-0.25, -0.2) is 4.79 Å². The van der Waals surface area contributed by atoms with Gasteiger partial charge < -0.3 is 19.3 Å². The van der Waals surface area contributed by atoms with E-state index in [-0.39, 0.29) is 17.5 Å². The maximum absolute atomic E-state index is 14.2. The second kappa shape index (κ2) is 10.1. The molecular weight excluding hydrogens is 478 g/mol. The Morgan fingerprint density at radius 3 is 2.47 bits per heavy atom. The zero-order chi connectivity index (χ0) is 25.4. The van der Waals surface area contributed by atoms with Gasteiger partial charge in [-0.15, -0.1) is 0 Å². The van der Waals surface area contributed by atoms with Gasteiger partial charge in [-0.05, 0) is 48.7 Å². The lowest BCUT2D eigenvalue weighted by molar-refractivity contribution is 0.0193. The summed E-state index contributed by atoms with van der Waals surface area (Å²) in [6, 6.07) is 15.2. The summed E-state index contributed by atoms with van der Waals surface area (Å²) in [5.74, 6) is -1.08. The molecule has 1 atom stereocenters. The highest BCUT2D eigenvalue weighted by molar-refractivity contribution is 6.31. The summed E-state index contributed by atoms with van der Waals surface area (Å²) in [6.07, 6.45) is 0.786. The summed E-state index contributed by atoms with van der Waals surface area (Å²) in [4.78, 5) is 30.3. The molecule has 3 aromatic rings. The van der Waals surface area contributed by atoms with Crippen molar-refractivity contribution in [1.29, 1.82) is 0 Å². The second-order valence-electron chi connectivity index (χ2n) is 9.56. The van der Waals surface area contributed by atoms with Gasteiger partial charge in [-0.3, -0.25) is 9.69 Å². The summed E-state index contributed by atoms with van der Waals surface area (Å²) in [5.41, 5.74) is 5.06. The zero-order valence-corrected chi connectivity index (χ0v) is 21.3. The summed E-state index contributed by atoms with van der Waals surface area (Å²) < 4.78 is 7.33. The normalized spacial score (nSPS) is 18.2. The Morgan fingerprint density at radius 2 is 1.78 bits per heavy atom. The Balaban J connectivity index is 1.55. The van der Waals surface area contributed by atoms with Crippen LogP contribution in [0.2, 0.25) is 5.02 Å². The fourth-order valence-corrected chi connectivity index (χ4v) is 5.49. The van der Waals surface area contributed by atoms with Crippen molar-refractivity contribution in [3.63, 3.8) is 0 Å². The van der Waals surface area contributed by atoms with E-state index in [0.29, 0.717) is 47.3 Å². The van der Waals surface area contributed by atoms with Gasteiger partial charge in [-0.2, -0.15) is 0 Å². The summed E-state index contributed by atoms with van der Waals surface area (Å²) >= 11 is 6.37. The van der Waals surface area contributed by atoms with E-state index in [1.165, 1.54) is 5.56 Å². The molecule has 0 radical (unpaired) electrons. The number of fused-ring (bicyclic) bond motifs is 1. The van der Waals surface area contributed by atoms with E-state index in [9.17, 15) is 14.7 Å². The molecule has 8 heteroatoms. The molecule has 3 heterocycles. The van der Waals surface area contributed by atoms with E-state index in [2.05, 4.69) is 23.1 Å². The maximum Gasteiger partial charge on any atom is 0.337 e.